The van der Waals surface area contributed by atoms with Crippen molar-refractivity contribution < 1.29 is 9.18 Å². The molecule has 0 saturated carbocycles. The molecule has 1 N–H and O–H groups in total. The van der Waals surface area contributed by atoms with Gasteiger partial charge in [-0.15, -0.1) is 0 Å². The number of ketones is 1. The smallest absolute Gasteiger partial charge is 0.141 e. The van der Waals surface area contributed by atoms with E-state index in [2.05, 4.69) is 5.32 Å². The second-order valence-corrected chi connectivity index (χ2v) is 3.41. The number of hydrogen-bond acceptors (Lipinski definition) is 2. The minimum atomic E-state index is -0.441. The molecular formula is C10H11ClFNO. The molecule has 0 unspecified atom stereocenters. The number of hydrogen-bond donors (Lipinski definition) is 1. The van der Waals surface area contributed by atoms with E-state index >= 15 is 0 Å². The zero-order valence-corrected chi connectivity index (χ0v) is 8.57. The summed E-state index contributed by atoms with van der Waals surface area (Å²) in [5.74, 6) is -0.325. The predicted octanol–water partition coefficient (Wildman–Crippen LogP) is 2.87. The van der Waals surface area contributed by atoms with Crippen LogP contribution in [-0.4, -0.2) is 12.3 Å². The number of anilines is 1. The highest BCUT2D eigenvalue weighted by molar-refractivity contribution is 6.31. The van der Waals surface area contributed by atoms with Crippen molar-refractivity contribution in [3.8, 4) is 0 Å². The van der Waals surface area contributed by atoms with Crippen LogP contribution in [0.1, 0.15) is 13.3 Å². The van der Waals surface area contributed by atoms with Crippen molar-refractivity contribution in [2.45, 2.75) is 13.3 Å². The van der Waals surface area contributed by atoms with Crippen LogP contribution in [0.2, 0.25) is 5.02 Å². The molecule has 0 radical (unpaired) electrons. The summed E-state index contributed by atoms with van der Waals surface area (Å²) < 4.78 is 12.7. The van der Waals surface area contributed by atoms with E-state index in [0.29, 0.717) is 13.0 Å². The maximum atomic E-state index is 12.7. The average Bonchev–Trinajstić information content (AvgIpc) is 2.10. The second kappa shape index (κ2) is 4.96. The molecule has 76 valence electrons. The molecule has 0 heterocycles. The molecule has 4 heteroatoms. The van der Waals surface area contributed by atoms with Gasteiger partial charge in [-0.3, -0.25) is 4.79 Å². The van der Waals surface area contributed by atoms with E-state index in [0.717, 1.165) is 5.69 Å². The number of Topliss-reactive ketones (excluding diaryl/α,β-unsaturated/α-hetero) is 1. The number of benzene rings is 1. The molecule has 1 aromatic rings. The van der Waals surface area contributed by atoms with Gasteiger partial charge < -0.3 is 5.32 Å². The lowest BCUT2D eigenvalue weighted by atomic mass is 10.3. The Hall–Kier alpha value is -1.09. The van der Waals surface area contributed by atoms with Crippen molar-refractivity contribution in [1.29, 1.82) is 0 Å². The minimum Gasteiger partial charge on any atom is -0.385 e. The van der Waals surface area contributed by atoms with E-state index in [1.165, 1.54) is 19.1 Å². The van der Waals surface area contributed by atoms with Gasteiger partial charge in [0.05, 0.1) is 5.02 Å². The summed E-state index contributed by atoms with van der Waals surface area (Å²) in [6.45, 7) is 2.07. The SMILES string of the molecule is CC(=O)CCNc1ccc(F)c(Cl)c1. The molecule has 0 atom stereocenters. The molecule has 2 nitrogen and oxygen atoms in total. The summed E-state index contributed by atoms with van der Waals surface area (Å²) in [6, 6.07) is 4.37. The van der Waals surface area contributed by atoms with Crippen LogP contribution in [0.4, 0.5) is 10.1 Å². The van der Waals surface area contributed by atoms with Crippen molar-refractivity contribution in [1.82, 2.24) is 0 Å². The molecule has 0 saturated heterocycles. The van der Waals surface area contributed by atoms with Crippen LogP contribution >= 0.6 is 11.6 Å². The summed E-state index contributed by atoms with van der Waals surface area (Å²) in [5.41, 5.74) is 0.720. The van der Waals surface area contributed by atoms with Gasteiger partial charge in [0, 0.05) is 18.7 Å². The first-order chi connectivity index (χ1) is 6.59. The minimum absolute atomic E-state index is 0.0813. The van der Waals surface area contributed by atoms with E-state index in [4.69, 9.17) is 11.6 Å². The van der Waals surface area contributed by atoms with Crippen molar-refractivity contribution in [2.24, 2.45) is 0 Å². The third kappa shape index (κ3) is 3.34. The van der Waals surface area contributed by atoms with Gasteiger partial charge in [-0.1, -0.05) is 11.6 Å². The number of carbonyl (C=O) groups is 1. The van der Waals surface area contributed by atoms with Gasteiger partial charge in [0.15, 0.2) is 0 Å². The summed E-state index contributed by atoms with van der Waals surface area (Å²) >= 11 is 5.57. The zero-order chi connectivity index (χ0) is 10.6. The van der Waals surface area contributed by atoms with Crippen molar-refractivity contribution in [3.63, 3.8) is 0 Å². The van der Waals surface area contributed by atoms with Gasteiger partial charge in [-0.25, -0.2) is 4.39 Å². The first-order valence-corrected chi connectivity index (χ1v) is 4.66. The lowest BCUT2D eigenvalue weighted by molar-refractivity contribution is -0.116. The Balaban J connectivity index is 2.51. The number of nitrogens with one attached hydrogen (secondary N) is 1. The molecule has 0 aliphatic heterocycles. The highest BCUT2D eigenvalue weighted by atomic mass is 35.5. The molecule has 14 heavy (non-hydrogen) atoms. The van der Waals surface area contributed by atoms with Crippen LogP contribution in [0.25, 0.3) is 0 Å². The fraction of sp³-hybridized carbons (Fsp3) is 0.300. The number of carbonyl (C=O) groups excluding carboxylic acids is 1. The Morgan fingerprint density at radius 2 is 2.29 bits per heavy atom. The van der Waals surface area contributed by atoms with Gasteiger partial charge >= 0.3 is 0 Å². The molecule has 0 bridgehead atoms. The van der Waals surface area contributed by atoms with E-state index in [1.54, 1.807) is 6.07 Å². The van der Waals surface area contributed by atoms with Gasteiger partial charge in [0.25, 0.3) is 0 Å². The average molecular weight is 216 g/mol. The Kier molecular flexibility index (Phi) is 3.89. The highest BCUT2D eigenvalue weighted by Crippen LogP contribution is 2.19. The van der Waals surface area contributed by atoms with Gasteiger partial charge in [-0.2, -0.15) is 0 Å². The third-order valence-corrected chi connectivity index (χ3v) is 2.02. The molecule has 1 aromatic carbocycles. The van der Waals surface area contributed by atoms with E-state index in [1.807, 2.05) is 0 Å². The van der Waals surface area contributed by atoms with Crippen LogP contribution in [0, 0.1) is 5.82 Å². The molecule has 0 amide bonds. The molecule has 0 aliphatic rings. The normalized spacial score (nSPS) is 9.93. The van der Waals surface area contributed by atoms with Gasteiger partial charge in [-0.05, 0) is 25.1 Å². The standard InChI is InChI=1S/C10H11ClFNO/c1-7(14)4-5-13-8-2-3-10(12)9(11)6-8/h2-3,6,13H,4-5H2,1H3. The molecular weight excluding hydrogens is 205 g/mol. The van der Waals surface area contributed by atoms with Crippen LogP contribution in [-0.2, 0) is 4.79 Å². The molecule has 0 fully saturated rings. The molecule has 1 rings (SSSR count). The van der Waals surface area contributed by atoms with Crippen LogP contribution < -0.4 is 5.32 Å². The lowest BCUT2D eigenvalue weighted by Gasteiger charge is -2.05. The van der Waals surface area contributed by atoms with Crippen molar-refractivity contribution in [2.75, 3.05) is 11.9 Å². The predicted molar refractivity (Wildman–Crippen MR) is 55.2 cm³/mol. The van der Waals surface area contributed by atoms with Crippen molar-refractivity contribution in [3.05, 3.63) is 29.0 Å². The Morgan fingerprint density at radius 1 is 1.57 bits per heavy atom. The van der Waals surface area contributed by atoms with E-state index in [9.17, 15) is 9.18 Å². The first-order valence-electron chi connectivity index (χ1n) is 4.28. The first kappa shape index (κ1) is 11.0. The summed E-state index contributed by atoms with van der Waals surface area (Å²) in [4.78, 5) is 10.6. The summed E-state index contributed by atoms with van der Waals surface area (Å²) in [6.07, 6.45) is 0.453. The summed E-state index contributed by atoms with van der Waals surface area (Å²) in [5, 5.41) is 3.05. The fourth-order valence-electron chi connectivity index (χ4n) is 0.989. The Bertz CT molecular complexity index is 341. The molecule has 0 aromatic heterocycles. The largest absolute Gasteiger partial charge is 0.385 e. The van der Waals surface area contributed by atoms with Crippen LogP contribution in [0.15, 0.2) is 18.2 Å². The maximum Gasteiger partial charge on any atom is 0.141 e. The van der Waals surface area contributed by atoms with Gasteiger partial charge in [0.1, 0.15) is 11.6 Å². The molecule has 0 spiro atoms. The topological polar surface area (TPSA) is 29.1 Å². The number of rotatable bonds is 4. The quantitative estimate of drug-likeness (QED) is 0.837. The number of halogens is 2. The third-order valence-electron chi connectivity index (χ3n) is 1.73. The Labute approximate surface area is 87.1 Å². The van der Waals surface area contributed by atoms with Crippen molar-refractivity contribution >= 4 is 23.1 Å². The highest BCUT2D eigenvalue weighted by Gasteiger charge is 2.00. The second-order valence-electron chi connectivity index (χ2n) is 3.01. The van der Waals surface area contributed by atoms with Crippen LogP contribution in [0.5, 0.6) is 0 Å². The van der Waals surface area contributed by atoms with E-state index in [-0.39, 0.29) is 10.8 Å². The fourth-order valence-corrected chi connectivity index (χ4v) is 1.17. The Morgan fingerprint density at radius 3 is 2.86 bits per heavy atom. The molecule has 0 aliphatic carbocycles. The van der Waals surface area contributed by atoms with Crippen LogP contribution in [0.3, 0.4) is 0 Å². The van der Waals surface area contributed by atoms with E-state index < -0.39 is 5.82 Å². The maximum absolute atomic E-state index is 12.7. The van der Waals surface area contributed by atoms with Gasteiger partial charge in [0.2, 0.25) is 0 Å². The summed E-state index contributed by atoms with van der Waals surface area (Å²) in [7, 11) is 0. The lowest BCUT2D eigenvalue weighted by Crippen LogP contribution is -2.05. The zero-order valence-electron chi connectivity index (χ0n) is 7.81. The monoisotopic (exact) mass is 215 g/mol.